The third kappa shape index (κ3) is 3.99. The van der Waals surface area contributed by atoms with Crippen LogP contribution in [0.5, 0.6) is 0 Å². The molecule has 1 aliphatic rings. The predicted octanol–water partition coefficient (Wildman–Crippen LogP) is 1.19. The molecule has 2 N–H and O–H groups in total. The van der Waals surface area contributed by atoms with Gasteiger partial charge in [-0.1, -0.05) is 24.3 Å². The summed E-state index contributed by atoms with van der Waals surface area (Å²) in [5.74, 6) is -0.304. The van der Waals surface area contributed by atoms with Crippen molar-refractivity contribution in [2.24, 2.45) is 0 Å². The van der Waals surface area contributed by atoms with Gasteiger partial charge in [0.1, 0.15) is 5.69 Å². The molecule has 0 radical (unpaired) electrons. The van der Waals surface area contributed by atoms with Crippen LogP contribution in [0.4, 0.5) is 0 Å². The van der Waals surface area contributed by atoms with E-state index in [4.69, 9.17) is 0 Å². The fourth-order valence-corrected chi connectivity index (χ4v) is 3.46. The molecule has 7 nitrogen and oxygen atoms in total. The van der Waals surface area contributed by atoms with E-state index >= 15 is 0 Å². The minimum atomic E-state index is -0.628. The molecule has 1 atom stereocenters. The number of imidazole rings is 1. The van der Waals surface area contributed by atoms with Gasteiger partial charge in [0.05, 0.1) is 18.0 Å². The lowest BCUT2D eigenvalue weighted by Gasteiger charge is -2.30. The number of rotatable bonds is 5. The summed E-state index contributed by atoms with van der Waals surface area (Å²) >= 11 is 0. The number of nitrogens with one attached hydrogen (secondary N) is 1. The Labute approximate surface area is 157 Å². The normalized spacial score (nSPS) is 15.5. The molecule has 0 saturated carbocycles. The number of benzene rings is 1. The largest absolute Gasteiger partial charge is 0.390 e. The smallest absolute Gasteiger partial charge is 0.271 e. The Balaban J connectivity index is 1.31. The van der Waals surface area contributed by atoms with Gasteiger partial charge in [0, 0.05) is 26.2 Å². The standard InChI is InChI=1S/C20H23N5O2/c1-14-6-7-19-22-18(13-25(19)23-14)20(27)21-10-17(26)12-24-9-8-15-4-2-3-5-16(15)11-24/h2-7,13,17,26H,8-12H2,1H3,(H,21,27)/t17-/m0/s1. The summed E-state index contributed by atoms with van der Waals surface area (Å²) in [6.45, 7) is 4.35. The Morgan fingerprint density at radius 1 is 1.26 bits per heavy atom. The fourth-order valence-electron chi connectivity index (χ4n) is 3.46. The Morgan fingerprint density at radius 3 is 2.93 bits per heavy atom. The van der Waals surface area contributed by atoms with Gasteiger partial charge in [0.15, 0.2) is 5.65 Å². The lowest BCUT2D eigenvalue weighted by atomic mass is 10.00. The van der Waals surface area contributed by atoms with Gasteiger partial charge in [-0.05, 0) is 36.6 Å². The zero-order valence-corrected chi connectivity index (χ0v) is 15.3. The zero-order chi connectivity index (χ0) is 18.8. The van der Waals surface area contributed by atoms with Crippen molar-refractivity contribution in [1.82, 2.24) is 24.8 Å². The van der Waals surface area contributed by atoms with E-state index in [1.807, 2.05) is 25.1 Å². The maximum atomic E-state index is 12.3. The van der Waals surface area contributed by atoms with E-state index in [2.05, 4.69) is 38.5 Å². The molecule has 3 aromatic rings. The molecule has 0 saturated heterocycles. The molecule has 7 heteroatoms. The van der Waals surface area contributed by atoms with Crippen molar-refractivity contribution >= 4 is 11.6 Å². The highest BCUT2D eigenvalue weighted by Crippen LogP contribution is 2.18. The molecule has 0 fully saturated rings. The van der Waals surface area contributed by atoms with Gasteiger partial charge in [-0.3, -0.25) is 9.69 Å². The van der Waals surface area contributed by atoms with Crippen molar-refractivity contribution in [3.63, 3.8) is 0 Å². The maximum absolute atomic E-state index is 12.3. The van der Waals surface area contributed by atoms with Crippen molar-refractivity contribution < 1.29 is 9.90 Å². The Hall–Kier alpha value is -2.77. The summed E-state index contributed by atoms with van der Waals surface area (Å²) in [6, 6.07) is 12.1. The quantitative estimate of drug-likeness (QED) is 0.710. The molecule has 0 spiro atoms. The number of aryl methyl sites for hydroxylation is 1. The minimum absolute atomic E-state index is 0.192. The van der Waals surface area contributed by atoms with Crippen LogP contribution in [0.1, 0.15) is 27.3 Å². The van der Waals surface area contributed by atoms with E-state index < -0.39 is 6.10 Å². The van der Waals surface area contributed by atoms with Crippen molar-refractivity contribution in [3.8, 4) is 0 Å². The Morgan fingerprint density at radius 2 is 2.07 bits per heavy atom. The summed E-state index contributed by atoms with van der Waals surface area (Å²) in [7, 11) is 0. The van der Waals surface area contributed by atoms with Crippen molar-refractivity contribution in [2.75, 3.05) is 19.6 Å². The van der Waals surface area contributed by atoms with E-state index in [1.54, 1.807) is 10.7 Å². The SMILES string of the molecule is Cc1ccc2nc(C(=O)NC[C@H](O)CN3CCc4ccccc4C3)cn2n1. The van der Waals surface area contributed by atoms with Crippen molar-refractivity contribution in [3.05, 3.63) is 65.1 Å². The summed E-state index contributed by atoms with van der Waals surface area (Å²) in [5.41, 5.74) is 4.47. The third-order valence-corrected chi connectivity index (χ3v) is 4.86. The average Bonchev–Trinajstić information content (AvgIpc) is 3.09. The number of carbonyl (C=O) groups is 1. The van der Waals surface area contributed by atoms with Gasteiger partial charge in [0.2, 0.25) is 0 Å². The molecule has 4 rings (SSSR count). The minimum Gasteiger partial charge on any atom is -0.390 e. The number of carbonyl (C=O) groups excluding carboxylic acids is 1. The highest BCUT2D eigenvalue weighted by atomic mass is 16.3. The number of aliphatic hydroxyl groups is 1. The number of aromatic nitrogens is 3. The van der Waals surface area contributed by atoms with Crippen LogP contribution in [0.3, 0.4) is 0 Å². The highest BCUT2D eigenvalue weighted by molar-refractivity contribution is 5.92. The molecule has 0 unspecified atom stereocenters. The number of hydrogen-bond donors (Lipinski definition) is 2. The first kappa shape index (κ1) is 17.6. The van der Waals surface area contributed by atoms with Gasteiger partial charge in [0.25, 0.3) is 5.91 Å². The summed E-state index contributed by atoms with van der Waals surface area (Å²) in [5, 5.41) is 17.4. The second-order valence-electron chi connectivity index (χ2n) is 7.02. The zero-order valence-electron chi connectivity index (χ0n) is 15.3. The van der Waals surface area contributed by atoms with Crippen LogP contribution in [-0.2, 0) is 13.0 Å². The molecule has 1 amide bonds. The second-order valence-corrected chi connectivity index (χ2v) is 7.02. The van der Waals surface area contributed by atoms with Crippen LogP contribution >= 0.6 is 0 Å². The van der Waals surface area contributed by atoms with E-state index in [9.17, 15) is 9.90 Å². The number of amides is 1. The topological polar surface area (TPSA) is 82.8 Å². The summed E-state index contributed by atoms with van der Waals surface area (Å²) < 4.78 is 1.59. The molecule has 2 aromatic heterocycles. The Kier molecular flexibility index (Phi) is 4.87. The first-order valence-electron chi connectivity index (χ1n) is 9.17. The molecule has 0 aliphatic carbocycles. The fraction of sp³-hybridized carbons (Fsp3) is 0.350. The highest BCUT2D eigenvalue weighted by Gasteiger charge is 2.19. The van der Waals surface area contributed by atoms with Gasteiger partial charge in [-0.2, -0.15) is 5.10 Å². The predicted molar refractivity (Wildman–Crippen MR) is 101 cm³/mol. The van der Waals surface area contributed by atoms with Crippen LogP contribution in [0.2, 0.25) is 0 Å². The molecular weight excluding hydrogens is 342 g/mol. The molecule has 0 bridgehead atoms. The van der Waals surface area contributed by atoms with Crippen molar-refractivity contribution in [2.45, 2.75) is 26.0 Å². The molecule has 1 aromatic carbocycles. The molecule has 3 heterocycles. The number of nitrogens with zero attached hydrogens (tertiary/aromatic N) is 4. The van der Waals surface area contributed by atoms with Crippen LogP contribution in [-0.4, -0.2) is 56.2 Å². The number of fused-ring (bicyclic) bond motifs is 2. The van der Waals surface area contributed by atoms with Gasteiger partial charge in [-0.15, -0.1) is 0 Å². The lowest BCUT2D eigenvalue weighted by Crippen LogP contribution is -2.42. The second kappa shape index (κ2) is 7.46. The van der Waals surface area contributed by atoms with E-state index in [0.29, 0.717) is 17.9 Å². The van der Waals surface area contributed by atoms with Gasteiger partial charge >= 0.3 is 0 Å². The monoisotopic (exact) mass is 365 g/mol. The van der Waals surface area contributed by atoms with Crippen LogP contribution in [0.15, 0.2) is 42.6 Å². The first-order chi connectivity index (χ1) is 13.1. The van der Waals surface area contributed by atoms with Gasteiger partial charge < -0.3 is 10.4 Å². The summed E-state index contributed by atoms with van der Waals surface area (Å²) in [6.07, 6.45) is 1.96. The average molecular weight is 365 g/mol. The molecule has 27 heavy (non-hydrogen) atoms. The molecule has 140 valence electrons. The lowest BCUT2D eigenvalue weighted by molar-refractivity contribution is 0.0838. The van der Waals surface area contributed by atoms with Crippen LogP contribution < -0.4 is 5.32 Å². The van der Waals surface area contributed by atoms with Gasteiger partial charge in [-0.25, -0.2) is 9.50 Å². The first-order valence-corrected chi connectivity index (χ1v) is 9.17. The van der Waals surface area contributed by atoms with Crippen LogP contribution in [0.25, 0.3) is 5.65 Å². The molecule has 1 aliphatic heterocycles. The van der Waals surface area contributed by atoms with Crippen LogP contribution in [0, 0.1) is 6.92 Å². The van der Waals surface area contributed by atoms with E-state index in [-0.39, 0.29) is 12.5 Å². The van der Waals surface area contributed by atoms with E-state index in [0.717, 1.165) is 25.2 Å². The molecular formula is C20H23N5O2. The number of β-amino-alcohol motifs (C(OH)–C–C–N with tert-alkyl or cyclic N) is 1. The third-order valence-electron chi connectivity index (χ3n) is 4.86. The number of aliphatic hydroxyl groups excluding tert-OH is 1. The van der Waals surface area contributed by atoms with Crippen molar-refractivity contribution in [1.29, 1.82) is 0 Å². The maximum Gasteiger partial charge on any atom is 0.271 e. The Bertz CT molecular complexity index is 968. The van der Waals surface area contributed by atoms with E-state index in [1.165, 1.54) is 11.1 Å². The number of hydrogen-bond acceptors (Lipinski definition) is 5. The summed E-state index contributed by atoms with van der Waals surface area (Å²) in [4.78, 5) is 18.8.